The van der Waals surface area contributed by atoms with Gasteiger partial charge >= 0.3 is 0 Å². The molecule has 0 radical (unpaired) electrons. The van der Waals surface area contributed by atoms with Gasteiger partial charge in [0.05, 0.1) is 16.4 Å². The standard InChI is InChI=1S/C21H24N4OS3/c1-15-22-18(13-27-15)14-28-19-7-5-16(6-8-19)20(26)24-21-23-17(12-29-21)11-25-9-3-2-4-10-25/h5-8,12-13H,2-4,9-11,14H2,1H3,(H,23,24,26). The summed E-state index contributed by atoms with van der Waals surface area (Å²) in [4.78, 5) is 25.2. The third-order valence-corrected chi connectivity index (χ3v) is 7.45. The Labute approximate surface area is 183 Å². The van der Waals surface area contributed by atoms with Gasteiger partial charge in [-0.25, -0.2) is 9.97 Å². The van der Waals surface area contributed by atoms with Gasteiger partial charge in [-0.3, -0.25) is 15.0 Å². The minimum Gasteiger partial charge on any atom is -0.298 e. The minimum absolute atomic E-state index is 0.115. The van der Waals surface area contributed by atoms with Crippen LogP contribution in [0.25, 0.3) is 0 Å². The summed E-state index contributed by atoms with van der Waals surface area (Å²) >= 11 is 4.89. The Hall–Kier alpha value is -1.74. The molecule has 1 aromatic carbocycles. The van der Waals surface area contributed by atoms with Gasteiger partial charge in [0, 0.05) is 33.5 Å². The predicted octanol–water partition coefficient (Wildman–Crippen LogP) is 5.44. The lowest BCUT2D eigenvalue weighted by Gasteiger charge is -2.25. The number of hydrogen-bond acceptors (Lipinski definition) is 7. The number of anilines is 1. The third-order valence-electron chi connectivity index (χ3n) is 4.78. The van der Waals surface area contributed by atoms with E-state index in [4.69, 9.17) is 0 Å². The number of thioether (sulfide) groups is 1. The van der Waals surface area contributed by atoms with Crippen LogP contribution in [0.15, 0.2) is 39.9 Å². The van der Waals surface area contributed by atoms with Crippen molar-refractivity contribution in [3.05, 3.63) is 57.0 Å². The van der Waals surface area contributed by atoms with Gasteiger partial charge in [0.15, 0.2) is 5.13 Å². The summed E-state index contributed by atoms with van der Waals surface area (Å²) in [6, 6.07) is 7.71. The number of nitrogens with one attached hydrogen (secondary N) is 1. The Morgan fingerprint density at radius 1 is 1.07 bits per heavy atom. The molecule has 1 saturated heterocycles. The zero-order valence-corrected chi connectivity index (χ0v) is 18.8. The number of piperidine rings is 1. The molecule has 0 atom stereocenters. The van der Waals surface area contributed by atoms with Crippen molar-refractivity contribution in [2.75, 3.05) is 18.4 Å². The van der Waals surface area contributed by atoms with Crippen molar-refractivity contribution in [2.24, 2.45) is 0 Å². The number of rotatable bonds is 7. The number of nitrogens with zero attached hydrogens (tertiary/aromatic N) is 3. The third kappa shape index (κ3) is 5.88. The van der Waals surface area contributed by atoms with E-state index in [1.807, 2.05) is 36.6 Å². The number of aryl methyl sites for hydroxylation is 1. The summed E-state index contributed by atoms with van der Waals surface area (Å²) in [5.74, 6) is 0.727. The molecule has 5 nitrogen and oxygen atoms in total. The van der Waals surface area contributed by atoms with Crippen molar-refractivity contribution in [2.45, 2.75) is 43.4 Å². The summed E-state index contributed by atoms with van der Waals surface area (Å²) in [5.41, 5.74) is 2.78. The van der Waals surface area contributed by atoms with Crippen LogP contribution in [-0.4, -0.2) is 33.9 Å². The van der Waals surface area contributed by atoms with Gasteiger partial charge in [-0.15, -0.1) is 34.4 Å². The normalized spacial score (nSPS) is 14.8. The Morgan fingerprint density at radius 2 is 1.83 bits per heavy atom. The molecule has 152 valence electrons. The maximum atomic E-state index is 12.5. The molecule has 2 aromatic heterocycles. The van der Waals surface area contributed by atoms with E-state index in [9.17, 15) is 4.79 Å². The zero-order chi connectivity index (χ0) is 20.1. The maximum absolute atomic E-state index is 12.5. The van der Waals surface area contributed by atoms with Gasteiger partial charge < -0.3 is 0 Å². The molecule has 1 fully saturated rings. The number of aromatic nitrogens is 2. The van der Waals surface area contributed by atoms with Crippen LogP contribution in [0.4, 0.5) is 5.13 Å². The number of hydrogen-bond donors (Lipinski definition) is 1. The summed E-state index contributed by atoms with van der Waals surface area (Å²) in [6.07, 6.45) is 3.87. The fourth-order valence-electron chi connectivity index (χ4n) is 3.29. The maximum Gasteiger partial charge on any atom is 0.257 e. The molecule has 1 amide bonds. The first-order chi connectivity index (χ1) is 14.2. The molecule has 1 aliphatic heterocycles. The van der Waals surface area contributed by atoms with Gasteiger partial charge in [0.1, 0.15) is 0 Å². The predicted molar refractivity (Wildman–Crippen MR) is 122 cm³/mol. The number of amides is 1. The topological polar surface area (TPSA) is 58.1 Å². The van der Waals surface area contributed by atoms with Gasteiger partial charge in [-0.2, -0.15) is 0 Å². The molecule has 0 unspecified atom stereocenters. The van der Waals surface area contributed by atoms with E-state index in [1.165, 1.54) is 30.6 Å². The van der Waals surface area contributed by atoms with Gasteiger partial charge in [-0.05, 0) is 57.1 Å². The summed E-state index contributed by atoms with van der Waals surface area (Å²) in [5, 5.41) is 8.83. The first-order valence-electron chi connectivity index (χ1n) is 9.78. The van der Waals surface area contributed by atoms with E-state index in [-0.39, 0.29) is 5.91 Å². The molecule has 0 bridgehead atoms. The van der Waals surface area contributed by atoms with Crippen LogP contribution in [0, 0.1) is 6.92 Å². The Morgan fingerprint density at radius 3 is 2.55 bits per heavy atom. The van der Waals surface area contributed by atoms with E-state index in [1.54, 1.807) is 23.1 Å². The van der Waals surface area contributed by atoms with Crippen LogP contribution in [0.2, 0.25) is 0 Å². The monoisotopic (exact) mass is 444 g/mol. The van der Waals surface area contributed by atoms with Crippen molar-refractivity contribution in [1.29, 1.82) is 0 Å². The zero-order valence-electron chi connectivity index (χ0n) is 16.4. The average Bonchev–Trinajstić information content (AvgIpc) is 3.36. The summed E-state index contributed by atoms with van der Waals surface area (Å²) in [6.45, 7) is 5.18. The van der Waals surface area contributed by atoms with Crippen molar-refractivity contribution >= 4 is 45.5 Å². The van der Waals surface area contributed by atoms with E-state index in [0.717, 1.165) is 46.7 Å². The highest BCUT2D eigenvalue weighted by atomic mass is 32.2. The van der Waals surface area contributed by atoms with Gasteiger partial charge in [-0.1, -0.05) is 6.42 Å². The van der Waals surface area contributed by atoms with Crippen molar-refractivity contribution in [3.8, 4) is 0 Å². The number of thiazole rings is 2. The fourth-order valence-corrected chi connectivity index (χ4v) is 5.49. The molecule has 0 saturated carbocycles. The highest BCUT2D eigenvalue weighted by Gasteiger charge is 2.14. The van der Waals surface area contributed by atoms with Gasteiger partial charge in [0.2, 0.25) is 0 Å². The van der Waals surface area contributed by atoms with Crippen molar-refractivity contribution in [3.63, 3.8) is 0 Å². The van der Waals surface area contributed by atoms with E-state index >= 15 is 0 Å². The quantitative estimate of drug-likeness (QED) is 0.492. The molecule has 29 heavy (non-hydrogen) atoms. The molecule has 1 aliphatic rings. The second-order valence-corrected chi connectivity index (χ2v) is 10.1. The van der Waals surface area contributed by atoms with Crippen LogP contribution >= 0.6 is 34.4 Å². The minimum atomic E-state index is -0.115. The lowest BCUT2D eigenvalue weighted by atomic mass is 10.1. The van der Waals surface area contributed by atoms with Crippen LogP contribution in [0.5, 0.6) is 0 Å². The van der Waals surface area contributed by atoms with E-state index < -0.39 is 0 Å². The molecule has 1 N–H and O–H groups in total. The largest absolute Gasteiger partial charge is 0.298 e. The van der Waals surface area contributed by atoms with Crippen molar-refractivity contribution < 1.29 is 4.79 Å². The molecule has 0 aliphatic carbocycles. The Balaban J connectivity index is 1.29. The molecule has 8 heteroatoms. The molecule has 3 heterocycles. The van der Waals surface area contributed by atoms with Gasteiger partial charge in [0.25, 0.3) is 5.91 Å². The number of benzene rings is 1. The Kier molecular flexibility index (Phi) is 6.97. The number of likely N-dealkylation sites (tertiary alicyclic amines) is 1. The highest BCUT2D eigenvalue weighted by molar-refractivity contribution is 7.98. The second kappa shape index (κ2) is 9.84. The fraction of sp³-hybridized carbons (Fsp3) is 0.381. The number of carbonyl (C=O) groups is 1. The average molecular weight is 445 g/mol. The molecular formula is C21H24N4OS3. The van der Waals surface area contributed by atoms with E-state index in [2.05, 4.69) is 25.6 Å². The lowest BCUT2D eigenvalue weighted by Crippen LogP contribution is -2.29. The first-order valence-corrected chi connectivity index (χ1v) is 12.5. The molecular weight excluding hydrogens is 420 g/mol. The Bertz CT molecular complexity index is 945. The summed E-state index contributed by atoms with van der Waals surface area (Å²) in [7, 11) is 0. The smallest absolute Gasteiger partial charge is 0.257 e. The SMILES string of the molecule is Cc1nc(CSc2ccc(C(=O)Nc3nc(CN4CCCCC4)cs3)cc2)cs1. The van der Waals surface area contributed by atoms with Crippen LogP contribution in [0.3, 0.4) is 0 Å². The van der Waals surface area contributed by atoms with Crippen LogP contribution in [0.1, 0.15) is 46.0 Å². The molecule has 4 rings (SSSR count). The first kappa shape index (κ1) is 20.5. The van der Waals surface area contributed by atoms with Crippen LogP contribution in [-0.2, 0) is 12.3 Å². The highest BCUT2D eigenvalue weighted by Crippen LogP contribution is 2.24. The van der Waals surface area contributed by atoms with Crippen molar-refractivity contribution in [1.82, 2.24) is 14.9 Å². The molecule has 0 spiro atoms. The molecule has 3 aromatic rings. The second-order valence-electron chi connectivity index (χ2n) is 7.11. The van der Waals surface area contributed by atoms with E-state index in [0.29, 0.717) is 10.7 Å². The van der Waals surface area contributed by atoms with Crippen LogP contribution < -0.4 is 5.32 Å². The number of carbonyl (C=O) groups excluding carboxylic acids is 1. The summed E-state index contributed by atoms with van der Waals surface area (Å²) < 4.78 is 0. The lowest BCUT2D eigenvalue weighted by molar-refractivity contribution is 0.102.